The van der Waals surface area contributed by atoms with Crippen LogP contribution in [0.3, 0.4) is 0 Å². The number of halogens is 1. The first-order valence-corrected chi connectivity index (χ1v) is 7.74. The number of anilines is 1. The highest BCUT2D eigenvalue weighted by Gasteiger charge is 2.02. The first-order chi connectivity index (χ1) is 10.5. The first kappa shape index (κ1) is 16.4. The van der Waals surface area contributed by atoms with Gasteiger partial charge in [0.2, 0.25) is 5.91 Å². The highest BCUT2D eigenvalue weighted by Crippen LogP contribution is 2.19. The van der Waals surface area contributed by atoms with E-state index in [9.17, 15) is 4.79 Å². The van der Waals surface area contributed by atoms with Gasteiger partial charge >= 0.3 is 0 Å². The van der Waals surface area contributed by atoms with Gasteiger partial charge in [0.15, 0.2) is 0 Å². The summed E-state index contributed by atoms with van der Waals surface area (Å²) in [6, 6.07) is 13.9. The van der Waals surface area contributed by atoms with Crippen LogP contribution >= 0.6 is 11.6 Å². The average Bonchev–Trinajstić information content (AvgIpc) is 2.49. The molecule has 0 aliphatic carbocycles. The molecule has 1 amide bonds. The van der Waals surface area contributed by atoms with Crippen molar-refractivity contribution in [1.82, 2.24) is 5.32 Å². The number of hydrogen-bond donors (Lipinski definition) is 2. The van der Waals surface area contributed by atoms with Gasteiger partial charge in [-0.15, -0.1) is 0 Å². The van der Waals surface area contributed by atoms with Crippen LogP contribution in [0.25, 0.3) is 0 Å². The van der Waals surface area contributed by atoms with Crippen molar-refractivity contribution in [1.29, 1.82) is 0 Å². The lowest BCUT2D eigenvalue weighted by Gasteiger charge is -2.09. The molecule has 116 valence electrons. The lowest BCUT2D eigenvalue weighted by Crippen LogP contribution is -2.24. The molecule has 4 heteroatoms. The van der Waals surface area contributed by atoms with Crippen molar-refractivity contribution in [3.05, 3.63) is 64.2 Å². The molecule has 0 radical (unpaired) electrons. The Morgan fingerprint density at radius 2 is 1.95 bits per heavy atom. The molecule has 0 fully saturated rings. The fourth-order valence-electron chi connectivity index (χ4n) is 2.13. The van der Waals surface area contributed by atoms with Crippen LogP contribution in [-0.4, -0.2) is 12.5 Å². The Kier molecular flexibility index (Phi) is 5.84. The largest absolute Gasteiger partial charge is 0.384 e. The highest BCUT2D eigenvalue weighted by atomic mass is 35.5. The van der Waals surface area contributed by atoms with Crippen LogP contribution in [-0.2, 0) is 11.3 Å². The van der Waals surface area contributed by atoms with E-state index in [1.54, 1.807) is 0 Å². The molecule has 3 nitrogen and oxygen atoms in total. The molecule has 2 rings (SSSR count). The highest BCUT2D eigenvalue weighted by molar-refractivity contribution is 6.31. The minimum absolute atomic E-state index is 0.0345. The van der Waals surface area contributed by atoms with Gasteiger partial charge in [0.1, 0.15) is 0 Å². The molecule has 0 spiro atoms. The van der Waals surface area contributed by atoms with Gasteiger partial charge in [-0.1, -0.05) is 47.5 Å². The molecule has 2 aromatic rings. The summed E-state index contributed by atoms with van der Waals surface area (Å²) in [6.45, 7) is 5.16. The van der Waals surface area contributed by atoms with Gasteiger partial charge in [0.05, 0.1) is 0 Å². The molecule has 0 unspecified atom stereocenters. The zero-order chi connectivity index (χ0) is 15.9. The van der Waals surface area contributed by atoms with Crippen LogP contribution in [0.5, 0.6) is 0 Å². The van der Waals surface area contributed by atoms with Crippen molar-refractivity contribution in [2.24, 2.45) is 0 Å². The zero-order valence-corrected chi connectivity index (χ0v) is 13.7. The molecular weight excluding hydrogens is 296 g/mol. The Labute approximate surface area is 136 Å². The van der Waals surface area contributed by atoms with E-state index < -0.39 is 0 Å². The molecule has 0 bridgehead atoms. The van der Waals surface area contributed by atoms with Crippen LogP contribution < -0.4 is 10.6 Å². The molecule has 2 aromatic carbocycles. The van der Waals surface area contributed by atoms with E-state index in [1.807, 2.05) is 50.2 Å². The summed E-state index contributed by atoms with van der Waals surface area (Å²) >= 11 is 6.07. The molecule has 2 N–H and O–H groups in total. The maximum absolute atomic E-state index is 11.8. The van der Waals surface area contributed by atoms with Gasteiger partial charge < -0.3 is 10.6 Å². The monoisotopic (exact) mass is 316 g/mol. The predicted octanol–water partition coefficient (Wildman–Crippen LogP) is 4.08. The Morgan fingerprint density at radius 3 is 2.68 bits per heavy atom. The number of hydrogen-bond acceptors (Lipinski definition) is 2. The Balaban J connectivity index is 1.72. The van der Waals surface area contributed by atoms with Crippen molar-refractivity contribution < 1.29 is 4.79 Å². The van der Waals surface area contributed by atoms with Crippen molar-refractivity contribution in [2.45, 2.75) is 26.8 Å². The van der Waals surface area contributed by atoms with Gasteiger partial charge in [0.25, 0.3) is 0 Å². The molecule has 0 aliphatic heterocycles. The Bertz CT molecular complexity index is 655. The second-order valence-electron chi connectivity index (χ2n) is 5.41. The van der Waals surface area contributed by atoms with Crippen LogP contribution in [0.1, 0.15) is 23.1 Å². The van der Waals surface area contributed by atoms with Gasteiger partial charge in [-0.05, 0) is 37.1 Å². The minimum atomic E-state index is 0.0345. The van der Waals surface area contributed by atoms with E-state index in [4.69, 9.17) is 11.6 Å². The van der Waals surface area contributed by atoms with Gasteiger partial charge in [0, 0.05) is 30.2 Å². The molecule has 0 saturated carbocycles. The van der Waals surface area contributed by atoms with Crippen molar-refractivity contribution in [2.75, 3.05) is 11.9 Å². The number of rotatable bonds is 6. The maximum atomic E-state index is 11.8. The number of benzene rings is 2. The van der Waals surface area contributed by atoms with Crippen LogP contribution in [0.2, 0.25) is 5.02 Å². The molecule has 0 saturated heterocycles. The lowest BCUT2D eigenvalue weighted by atomic mass is 10.1. The third kappa shape index (κ3) is 5.08. The maximum Gasteiger partial charge on any atom is 0.222 e. The fourth-order valence-corrected chi connectivity index (χ4v) is 2.31. The summed E-state index contributed by atoms with van der Waals surface area (Å²) in [5.74, 6) is 0.0345. The quantitative estimate of drug-likeness (QED) is 0.843. The number of nitrogens with one attached hydrogen (secondary N) is 2. The summed E-state index contributed by atoms with van der Waals surface area (Å²) in [6.07, 6.45) is 0.428. The number of amides is 1. The van der Waals surface area contributed by atoms with Crippen molar-refractivity contribution in [3.8, 4) is 0 Å². The molecule has 22 heavy (non-hydrogen) atoms. The van der Waals surface area contributed by atoms with E-state index >= 15 is 0 Å². The van der Waals surface area contributed by atoms with Crippen molar-refractivity contribution >= 4 is 23.2 Å². The Hall–Kier alpha value is -2.00. The lowest BCUT2D eigenvalue weighted by molar-refractivity contribution is -0.121. The molecule has 0 atom stereocenters. The summed E-state index contributed by atoms with van der Waals surface area (Å²) in [5, 5.41) is 6.86. The summed E-state index contributed by atoms with van der Waals surface area (Å²) in [7, 11) is 0. The van der Waals surface area contributed by atoms with Crippen LogP contribution in [0.4, 0.5) is 5.69 Å². The average molecular weight is 317 g/mol. The van der Waals surface area contributed by atoms with Gasteiger partial charge in [-0.2, -0.15) is 0 Å². The molecule has 0 aromatic heterocycles. The summed E-state index contributed by atoms with van der Waals surface area (Å²) in [4.78, 5) is 11.8. The normalized spacial score (nSPS) is 10.3. The number of carbonyl (C=O) groups excluding carboxylic acids is 1. The Morgan fingerprint density at radius 1 is 1.14 bits per heavy atom. The zero-order valence-electron chi connectivity index (χ0n) is 12.9. The van der Waals surface area contributed by atoms with Crippen LogP contribution in [0, 0.1) is 13.8 Å². The van der Waals surface area contributed by atoms with Crippen molar-refractivity contribution in [3.63, 3.8) is 0 Å². The minimum Gasteiger partial charge on any atom is -0.384 e. The standard InChI is InChI=1S/C18H21ClN2O/c1-13-4-3-5-15(10-13)12-21-18(22)8-9-20-16-7-6-14(2)17(19)11-16/h3-7,10-11,20H,8-9,12H2,1-2H3,(H,21,22). The van der Waals surface area contributed by atoms with Gasteiger partial charge in [-0.25, -0.2) is 0 Å². The SMILES string of the molecule is Cc1cccc(CNC(=O)CCNc2ccc(C)c(Cl)c2)c1. The third-order valence-electron chi connectivity index (χ3n) is 3.43. The van der Waals surface area contributed by atoms with Gasteiger partial charge in [-0.3, -0.25) is 4.79 Å². The predicted molar refractivity (Wildman–Crippen MR) is 92.3 cm³/mol. The third-order valence-corrected chi connectivity index (χ3v) is 3.83. The molecular formula is C18H21ClN2O. The van der Waals surface area contributed by atoms with E-state index in [-0.39, 0.29) is 5.91 Å². The summed E-state index contributed by atoms with van der Waals surface area (Å²) < 4.78 is 0. The van der Waals surface area contributed by atoms with E-state index in [1.165, 1.54) is 5.56 Å². The second kappa shape index (κ2) is 7.85. The smallest absolute Gasteiger partial charge is 0.222 e. The first-order valence-electron chi connectivity index (χ1n) is 7.37. The second-order valence-corrected chi connectivity index (χ2v) is 5.81. The van der Waals surface area contributed by atoms with E-state index in [0.717, 1.165) is 21.8 Å². The summed E-state index contributed by atoms with van der Waals surface area (Å²) in [5.41, 5.74) is 4.29. The number of carbonyl (C=O) groups is 1. The van der Waals surface area contributed by atoms with Crippen LogP contribution in [0.15, 0.2) is 42.5 Å². The van der Waals surface area contributed by atoms with E-state index in [2.05, 4.69) is 16.7 Å². The topological polar surface area (TPSA) is 41.1 Å². The molecule has 0 heterocycles. The number of aryl methyl sites for hydroxylation is 2. The van der Waals surface area contributed by atoms with E-state index in [0.29, 0.717) is 19.5 Å². The molecule has 0 aliphatic rings. The fraction of sp³-hybridized carbons (Fsp3) is 0.278.